The van der Waals surface area contributed by atoms with Crippen LogP contribution >= 0.6 is 22.6 Å². The van der Waals surface area contributed by atoms with Crippen molar-refractivity contribution in [2.75, 3.05) is 6.61 Å². The van der Waals surface area contributed by atoms with Crippen LogP contribution in [0.2, 0.25) is 0 Å². The highest BCUT2D eigenvalue weighted by Crippen LogP contribution is 2.52. The van der Waals surface area contributed by atoms with E-state index in [9.17, 15) is 14.7 Å². The van der Waals surface area contributed by atoms with Gasteiger partial charge in [0, 0.05) is 0 Å². The highest BCUT2D eigenvalue weighted by Gasteiger charge is 2.59. The van der Waals surface area contributed by atoms with Gasteiger partial charge in [-0.05, 0) is 65.5 Å². The molecule has 25 heavy (non-hydrogen) atoms. The lowest BCUT2D eigenvalue weighted by molar-refractivity contribution is -0.140. The lowest BCUT2D eigenvalue weighted by Crippen LogP contribution is -2.28. The maximum absolute atomic E-state index is 12.6. The van der Waals surface area contributed by atoms with Gasteiger partial charge in [0.15, 0.2) is 11.5 Å². The molecule has 1 heterocycles. The Morgan fingerprint density at radius 1 is 1.28 bits per heavy atom. The van der Waals surface area contributed by atoms with Gasteiger partial charge in [-0.15, -0.1) is 0 Å². The zero-order valence-corrected chi connectivity index (χ0v) is 15.7. The summed E-state index contributed by atoms with van der Waals surface area (Å²) in [6, 6.07) is 3.36. The summed E-state index contributed by atoms with van der Waals surface area (Å²) in [6.45, 7) is 2.25. The van der Waals surface area contributed by atoms with Gasteiger partial charge in [-0.2, -0.15) is 10.1 Å². The van der Waals surface area contributed by atoms with Crippen LogP contribution in [0.25, 0.3) is 0 Å². The summed E-state index contributed by atoms with van der Waals surface area (Å²) in [5, 5.41) is 15.2. The van der Waals surface area contributed by atoms with Gasteiger partial charge in [0.1, 0.15) is 0 Å². The van der Waals surface area contributed by atoms with Crippen molar-refractivity contribution in [3.8, 4) is 11.5 Å². The molecule has 0 aromatic heterocycles. The standard InChI is InChI=1S/C18H17IN2O4/c1-2-25-13-6-9(5-12(19)16(13)22)8-20-21-17(23)14-10-3-4-11(7-10)15(14)18(21)24/h3-6,8,10-11,14-15,22H,2,7H2,1H3. The molecule has 1 aliphatic heterocycles. The van der Waals surface area contributed by atoms with Crippen molar-refractivity contribution in [2.45, 2.75) is 13.3 Å². The van der Waals surface area contributed by atoms with Crippen molar-refractivity contribution < 1.29 is 19.4 Å². The van der Waals surface area contributed by atoms with E-state index in [0.717, 1.165) is 11.4 Å². The maximum Gasteiger partial charge on any atom is 0.254 e. The number of phenolic OH excluding ortho intramolecular Hbond substituents is 1. The molecule has 4 atom stereocenters. The van der Waals surface area contributed by atoms with Gasteiger partial charge in [-0.25, -0.2) is 0 Å². The minimum Gasteiger partial charge on any atom is -0.504 e. The number of amides is 2. The van der Waals surface area contributed by atoms with Gasteiger partial charge in [0.05, 0.1) is 28.2 Å². The Kier molecular flexibility index (Phi) is 4.05. The second kappa shape index (κ2) is 6.12. The number of imide groups is 1. The van der Waals surface area contributed by atoms with E-state index in [2.05, 4.69) is 17.3 Å². The van der Waals surface area contributed by atoms with E-state index in [1.807, 2.05) is 29.5 Å². The average Bonchev–Trinajstić information content (AvgIpc) is 3.25. The lowest BCUT2D eigenvalue weighted by atomic mass is 9.85. The van der Waals surface area contributed by atoms with Crippen molar-refractivity contribution in [2.24, 2.45) is 28.8 Å². The molecule has 1 saturated heterocycles. The van der Waals surface area contributed by atoms with Crippen LogP contribution in [0.4, 0.5) is 0 Å². The first kappa shape index (κ1) is 16.6. The minimum atomic E-state index is -0.251. The summed E-state index contributed by atoms with van der Waals surface area (Å²) >= 11 is 2.00. The van der Waals surface area contributed by atoms with Crippen LogP contribution in [0.3, 0.4) is 0 Å². The molecule has 2 amide bonds. The molecule has 1 aromatic rings. The highest BCUT2D eigenvalue weighted by molar-refractivity contribution is 14.1. The summed E-state index contributed by atoms with van der Waals surface area (Å²) in [6.07, 6.45) is 6.48. The smallest absolute Gasteiger partial charge is 0.254 e. The summed E-state index contributed by atoms with van der Waals surface area (Å²) in [4.78, 5) is 25.2. The number of halogens is 1. The fraction of sp³-hybridized carbons (Fsp3) is 0.389. The van der Waals surface area contributed by atoms with E-state index in [0.29, 0.717) is 21.5 Å². The van der Waals surface area contributed by atoms with Gasteiger partial charge in [-0.1, -0.05) is 12.2 Å². The van der Waals surface area contributed by atoms with E-state index in [1.165, 1.54) is 6.21 Å². The fourth-order valence-corrected chi connectivity index (χ4v) is 4.68. The first-order chi connectivity index (χ1) is 12.0. The Morgan fingerprint density at radius 2 is 1.92 bits per heavy atom. The van der Waals surface area contributed by atoms with Crippen LogP contribution in [0.15, 0.2) is 29.4 Å². The highest BCUT2D eigenvalue weighted by atomic mass is 127. The summed E-state index contributed by atoms with van der Waals surface area (Å²) in [7, 11) is 0. The van der Waals surface area contributed by atoms with E-state index >= 15 is 0 Å². The van der Waals surface area contributed by atoms with Gasteiger partial charge < -0.3 is 9.84 Å². The summed E-state index contributed by atoms with van der Waals surface area (Å²) in [5.74, 6) is -0.142. The van der Waals surface area contributed by atoms with Crippen LogP contribution in [0.1, 0.15) is 18.9 Å². The van der Waals surface area contributed by atoms with Crippen LogP contribution < -0.4 is 4.74 Å². The van der Waals surface area contributed by atoms with E-state index in [-0.39, 0.29) is 41.2 Å². The average molecular weight is 452 g/mol. The molecular formula is C18H17IN2O4. The number of fused-ring (bicyclic) bond motifs is 5. The SMILES string of the molecule is CCOc1cc(C=NN2C(=O)C3C4C=CC(C4)C3C2=O)cc(I)c1O. The molecule has 6 nitrogen and oxygen atoms in total. The molecule has 3 aliphatic rings. The Hall–Kier alpha value is -1.90. The van der Waals surface area contributed by atoms with Gasteiger partial charge in [-0.3, -0.25) is 9.59 Å². The van der Waals surface area contributed by atoms with E-state index < -0.39 is 0 Å². The van der Waals surface area contributed by atoms with Crippen LogP contribution in [0.5, 0.6) is 11.5 Å². The van der Waals surface area contributed by atoms with Gasteiger partial charge in [0.25, 0.3) is 11.8 Å². The number of carbonyl (C=O) groups is 2. The first-order valence-electron chi connectivity index (χ1n) is 8.26. The Morgan fingerprint density at radius 3 is 2.52 bits per heavy atom. The van der Waals surface area contributed by atoms with Crippen molar-refractivity contribution in [3.05, 3.63) is 33.4 Å². The Bertz CT molecular complexity index is 790. The molecular weight excluding hydrogens is 435 g/mol. The number of rotatable bonds is 4. The van der Waals surface area contributed by atoms with E-state index in [1.54, 1.807) is 12.1 Å². The summed E-state index contributed by atoms with van der Waals surface area (Å²) < 4.78 is 6.01. The van der Waals surface area contributed by atoms with Crippen LogP contribution in [-0.4, -0.2) is 34.8 Å². The second-order valence-corrected chi connectivity index (χ2v) is 7.68. The second-order valence-electron chi connectivity index (χ2n) is 6.52. The molecule has 1 saturated carbocycles. The van der Waals surface area contributed by atoms with Crippen molar-refractivity contribution >= 4 is 40.6 Å². The number of allylic oxidation sites excluding steroid dienone is 2. The molecule has 0 radical (unpaired) electrons. The molecule has 2 fully saturated rings. The third kappa shape index (κ3) is 2.56. The zero-order valence-electron chi connectivity index (χ0n) is 13.6. The number of benzene rings is 1. The maximum atomic E-state index is 12.6. The van der Waals surface area contributed by atoms with Crippen molar-refractivity contribution in [1.29, 1.82) is 0 Å². The van der Waals surface area contributed by atoms with Crippen molar-refractivity contribution in [1.82, 2.24) is 5.01 Å². The third-order valence-electron chi connectivity index (χ3n) is 5.12. The van der Waals surface area contributed by atoms with Crippen LogP contribution in [0, 0.1) is 27.2 Å². The minimum absolute atomic E-state index is 0.0742. The number of phenols is 1. The molecule has 7 heteroatoms. The molecule has 1 N–H and O–H groups in total. The van der Waals surface area contributed by atoms with Crippen molar-refractivity contribution in [3.63, 3.8) is 0 Å². The predicted molar refractivity (Wildman–Crippen MR) is 99.2 cm³/mol. The van der Waals surface area contributed by atoms with Gasteiger partial charge in [0.2, 0.25) is 0 Å². The number of aromatic hydroxyl groups is 1. The normalized spacial score (nSPS) is 29.9. The Labute approximate surface area is 158 Å². The lowest BCUT2D eigenvalue weighted by Gasteiger charge is -2.13. The first-order valence-corrected chi connectivity index (χ1v) is 9.34. The largest absolute Gasteiger partial charge is 0.504 e. The van der Waals surface area contributed by atoms with Gasteiger partial charge >= 0.3 is 0 Å². The topological polar surface area (TPSA) is 79.2 Å². The molecule has 4 unspecified atom stereocenters. The molecule has 130 valence electrons. The molecule has 2 aliphatic carbocycles. The third-order valence-corrected chi connectivity index (χ3v) is 5.94. The summed E-state index contributed by atoms with van der Waals surface area (Å²) in [5.41, 5.74) is 0.657. The molecule has 2 bridgehead atoms. The number of carbonyl (C=O) groups excluding carboxylic acids is 2. The number of nitrogens with zero attached hydrogens (tertiary/aromatic N) is 2. The number of hydrogen-bond donors (Lipinski definition) is 1. The predicted octanol–water partition coefficient (Wildman–Crippen LogP) is 2.54. The molecule has 0 spiro atoms. The number of ether oxygens (including phenoxy) is 1. The quantitative estimate of drug-likeness (QED) is 0.330. The number of hydrazone groups is 1. The van der Waals surface area contributed by atoms with Crippen LogP contribution in [-0.2, 0) is 9.59 Å². The zero-order chi connectivity index (χ0) is 17.7. The molecule has 1 aromatic carbocycles. The van der Waals surface area contributed by atoms with E-state index in [4.69, 9.17) is 4.74 Å². The number of hydrogen-bond acceptors (Lipinski definition) is 5. The fourth-order valence-electron chi connectivity index (χ4n) is 4.06. The molecule has 4 rings (SSSR count). The Balaban J connectivity index is 1.59. The monoisotopic (exact) mass is 452 g/mol.